The van der Waals surface area contributed by atoms with Crippen molar-refractivity contribution in [3.8, 4) is 0 Å². The van der Waals surface area contributed by atoms with Crippen LogP contribution in [-0.2, 0) is 0 Å². The highest BCUT2D eigenvalue weighted by atomic mass is 15.3. The van der Waals surface area contributed by atoms with Crippen LogP contribution in [0.1, 0.15) is 44.7 Å². The summed E-state index contributed by atoms with van der Waals surface area (Å²) in [5, 5.41) is 0. The van der Waals surface area contributed by atoms with Crippen LogP contribution in [0.15, 0.2) is 24.4 Å². The van der Waals surface area contributed by atoms with Crippen molar-refractivity contribution >= 4 is 0 Å². The summed E-state index contributed by atoms with van der Waals surface area (Å²) in [4.78, 5) is 12.5. The van der Waals surface area contributed by atoms with Gasteiger partial charge in [0.25, 0.3) is 0 Å². The number of piperidine rings is 1. The number of rotatable bonds is 6. The number of likely N-dealkylation sites (tertiary alicyclic amines) is 1. The lowest BCUT2D eigenvalue weighted by Crippen LogP contribution is -2.49. The van der Waals surface area contributed by atoms with E-state index in [1.54, 1.807) is 0 Å². The largest absolute Gasteiger partial charge is 0.303 e. The Morgan fingerprint density at radius 1 is 1.04 bits per heavy atom. The summed E-state index contributed by atoms with van der Waals surface area (Å²) in [5.74, 6) is 0.634. The Hall–Kier alpha value is -0.970. The maximum absolute atomic E-state index is 4.57. The molecule has 2 aliphatic heterocycles. The van der Waals surface area contributed by atoms with Gasteiger partial charge in [0.1, 0.15) is 0 Å². The van der Waals surface area contributed by atoms with Gasteiger partial charge in [-0.25, -0.2) is 0 Å². The maximum Gasteiger partial charge on any atom is 0.0447 e. The van der Waals surface area contributed by atoms with Crippen LogP contribution in [0.5, 0.6) is 0 Å². The first-order valence-corrected chi connectivity index (χ1v) is 9.82. The zero-order chi connectivity index (χ0) is 16.8. The minimum Gasteiger partial charge on any atom is -0.303 e. The van der Waals surface area contributed by atoms with Crippen molar-refractivity contribution in [1.82, 2.24) is 19.7 Å². The molecule has 0 N–H and O–H groups in total. The molecule has 0 aromatic carbocycles. The summed E-state index contributed by atoms with van der Waals surface area (Å²) in [7, 11) is 0. The standard InChI is InChI=1S/C20H34N4/c1-18(2)24-15-13-22(14-16-24)11-6-12-23-10-5-7-19(17-23)20-8-3-4-9-21-20/h3-4,8-9,18-19H,5-7,10-17H2,1-2H3. The molecule has 24 heavy (non-hydrogen) atoms. The van der Waals surface area contributed by atoms with Crippen LogP contribution in [0.2, 0.25) is 0 Å². The predicted octanol–water partition coefficient (Wildman–Crippen LogP) is 2.68. The first-order valence-electron chi connectivity index (χ1n) is 9.82. The van der Waals surface area contributed by atoms with Crippen molar-refractivity contribution in [2.24, 2.45) is 0 Å². The molecule has 1 aromatic rings. The van der Waals surface area contributed by atoms with Crippen molar-refractivity contribution in [2.45, 2.75) is 45.1 Å². The van der Waals surface area contributed by atoms with Crippen molar-refractivity contribution in [3.05, 3.63) is 30.1 Å². The summed E-state index contributed by atoms with van der Waals surface area (Å²) in [6.07, 6.45) is 5.85. The molecule has 134 valence electrons. The zero-order valence-electron chi connectivity index (χ0n) is 15.5. The number of hydrogen-bond acceptors (Lipinski definition) is 4. The highest BCUT2D eigenvalue weighted by Gasteiger charge is 2.22. The number of aromatic nitrogens is 1. The molecular weight excluding hydrogens is 296 g/mol. The Balaban J connectivity index is 1.36. The Morgan fingerprint density at radius 2 is 1.83 bits per heavy atom. The Labute approximate surface area is 147 Å². The maximum atomic E-state index is 4.57. The van der Waals surface area contributed by atoms with Gasteiger partial charge in [-0.1, -0.05) is 6.07 Å². The fourth-order valence-electron chi connectivity index (χ4n) is 4.14. The van der Waals surface area contributed by atoms with Crippen LogP contribution in [-0.4, -0.2) is 78.1 Å². The lowest BCUT2D eigenvalue weighted by molar-refractivity contribution is 0.103. The zero-order valence-corrected chi connectivity index (χ0v) is 15.5. The lowest BCUT2D eigenvalue weighted by atomic mass is 9.94. The Morgan fingerprint density at radius 3 is 2.54 bits per heavy atom. The molecule has 0 spiro atoms. The van der Waals surface area contributed by atoms with E-state index in [1.165, 1.54) is 77.3 Å². The van der Waals surface area contributed by atoms with Crippen molar-refractivity contribution in [3.63, 3.8) is 0 Å². The number of pyridine rings is 1. The molecule has 0 amide bonds. The van der Waals surface area contributed by atoms with Crippen LogP contribution in [0.4, 0.5) is 0 Å². The van der Waals surface area contributed by atoms with Gasteiger partial charge in [0.05, 0.1) is 0 Å². The molecule has 0 radical (unpaired) electrons. The molecule has 3 rings (SSSR count). The minimum absolute atomic E-state index is 0.634. The van der Waals surface area contributed by atoms with E-state index in [0.29, 0.717) is 12.0 Å². The minimum atomic E-state index is 0.634. The predicted molar refractivity (Wildman–Crippen MR) is 100 cm³/mol. The second-order valence-corrected chi connectivity index (χ2v) is 7.72. The first-order chi connectivity index (χ1) is 11.7. The van der Waals surface area contributed by atoms with Crippen LogP contribution in [0, 0.1) is 0 Å². The summed E-state index contributed by atoms with van der Waals surface area (Å²) >= 11 is 0. The van der Waals surface area contributed by atoms with Crippen molar-refractivity contribution < 1.29 is 0 Å². The molecule has 4 nitrogen and oxygen atoms in total. The van der Waals surface area contributed by atoms with E-state index in [-0.39, 0.29) is 0 Å². The molecule has 0 saturated carbocycles. The van der Waals surface area contributed by atoms with Gasteiger partial charge in [-0.05, 0) is 64.9 Å². The molecule has 1 unspecified atom stereocenters. The van der Waals surface area contributed by atoms with Gasteiger partial charge in [-0.2, -0.15) is 0 Å². The molecule has 2 fully saturated rings. The van der Waals surface area contributed by atoms with Crippen LogP contribution < -0.4 is 0 Å². The SMILES string of the molecule is CC(C)N1CCN(CCCN2CCCC(c3ccccn3)C2)CC1. The monoisotopic (exact) mass is 330 g/mol. The first kappa shape index (κ1) is 17.8. The highest BCUT2D eigenvalue weighted by molar-refractivity contribution is 5.10. The third kappa shape index (κ3) is 5.01. The topological polar surface area (TPSA) is 22.6 Å². The van der Waals surface area contributed by atoms with E-state index in [4.69, 9.17) is 0 Å². The van der Waals surface area contributed by atoms with E-state index in [0.717, 1.165) is 0 Å². The summed E-state index contributed by atoms with van der Waals surface area (Å²) < 4.78 is 0. The van der Waals surface area contributed by atoms with Gasteiger partial charge in [-0.3, -0.25) is 9.88 Å². The summed E-state index contributed by atoms with van der Waals surface area (Å²) in [5.41, 5.74) is 1.28. The molecule has 1 aromatic heterocycles. The van der Waals surface area contributed by atoms with Crippen LogP contribution in [0.25, 0.3) is 0 Å². The van der Waals surface area contributed by atoms with Crippen molar-refractivity contribution in [1.29, 1.82) is 0 Å². The van der Waals surface area contributed by atoms with E-state index in [9.17, 15) is 0 Å². The average molecular weight is 331 g/mol. The fourth-order valence-corrected chi connectivity index (χ4v) is 4.14. The highest BCUT2D eigenvalue weighted by Crippen LogP contribution is 2.25. The second kappa shape index (κ2) is 8.93. The van der Waals surface area contributed by atoms with Crippen LogP contribution in [0.3, 0.4) is 0 Å². The van der Waals surface area contributed by atoms with Crippen molar-refractivity contribution in [2.75, 3.05) is 52.4 Å². The quantitative estimate of drug-likeness (QED) is 0.800. The number of piperazine rings is 1. The summed E-state index contributed by atoms with van der Waals surface area (Å²) in [6.45, 7) is 14.6. The van der Waals surface area contributed by atoms with E-state index >= 15 is 0 Å². The normalized spacial score (nSPS) is 24.5. The van der Waals surface area contributed by atoms with E-state index in [2.05, 4.69) is 45.7 Å². The molecule has 2 aliphatic rings. The molecule has 3 heterocycles. The second-order valence-electron chi connectivity index (χ2n) is 7.72. The lowest BCUT2D eigenvalue weighted by Gasteiger charge is -2.37. The number of hydrogen-bond donors (Lipinski definition) is 0. The van der Waals surface area contributed by atoms with E-state index in [1.807, 2.05) is 12.3 Å². The fraction of sp³-hybridized carbons (Fsp3) is 0.750. The average Bonchev–Trinajstić information content (AvgIpc) is 2.63. The third-order valence-electron chi connectivity index (χ3n) is 5.70. The molecule has 0 aliphatic carbocycles. The molecule has 1 atom stereocenters. The number of nitrogens with zero attached hydrogens (tertiary/aromatic N) is 4. The summed E-state index contributed by atoms with van der Waals surface area (Å²) in [6, 6.07) is 7.04. The molecule has 0 bridgehead atoms. The van der Waals surface area contributed by atoms with Crippen LogP contribution >= 0.6 is 0 Å². The van der Waals surface area contributed by atoms with Gasteiger partial charge in [-0.15, -0.1) is 0 Å². The molecule has 2 saturated heterocycles. The molecule has 4 heteroatoms. The third-order valence-corrected chi connectivity index (χ3v) is 5.70. The van der Waals surface area contributed by atoms with E-state index < -0.39 is 0 Å². The van der Waals surface area contributed by atoms with Gasteiger partial charge in [0, 0.05) is 56.6 Å². The Bertz CT molecular complexity index is 468. The van der Waals surface area contributed by atoms with Gasteiger partial charge in [0.2, 0.25) is 0 Å². The van der Waals surface area contributed by atoms with Gasteiger partial charge < -0.3 is 9.80 Å². The van der Waals surface area contributed by atoms with Gasteiger partial charge >= 0.3 is 0 Å². The van der Waals surface area contributed by atoms with Gasteiger partial charge in [0.15, 0.2) is 0 Å². The molecular formula is C20H34N4. The Kier molecular flexibility index (Phi) is 6.64. The smallest absolute Gasteiger partial charge is 0.0447 e.